The summed E-state index contributed by atoms with van der Waals surface area (Å²) in [5.41, 5.74) is 7.62. The number of hydrogen-bond acceptors (Lipinski definition) is 2. The van der Waals surface area contributed by atoms with Crippen LogP contribution in [0.25, 0.3) is 0 Å². The Bertz CT molecular complexity index is 365. The minimum Gasteiger partial charge on any atom is -0.397 e. The van der Waals surface area contributed by atoms with Crippen LogP contribution in [0.15, 0.2) is 18.2 Å². The van der Waals surface area contributed by atoms with Crippen LogP contribution in [0.5, 0.6) is 0 Å². The quantitative estimate of drug-likeness (QED) is 0.787. The average molecular weight is 239 g/mol. The van der Waals surface area contributed by atoms with E-state index < -0.39 is 0 Å². The zero-order chi connectivity index (χ0) is 11.5. The van der Waals surface area contributed by atoms with Crippen molar-refractivity contribution in [2.75, 3.05) is 17.6 Å². The van der Waals surface area contributed by atoms with E-state index in [1.807, 2.05) is 18.2 Å². The molecule has 1 aromatic rings. The van der Waals surface area contributed by atoms with Crippen molar-refractivity contribution < 1.29 is 0 Å². The predicted molar refractivity (Wildman–Crippen MR) is 70.9 cm³/mol. The smallest absolute Gasteiger partial charge is 0.0588 e. The second-order valence-corrected chi connectivity index (χ2v) is 5.33. The molecule has 2 nitrogen and oxygen atoms in total. The number of nitrogens with two attached hydrogens (primary N) is 1. The highest BCUT2D eigenvalue weighted by Gasteiger charge is 2.20. The summed E-state index contributed by atoms with van der Waals surface area (Å²) in [5, 5.41) is 4.14. The number of anilines is 2. The molecule has 1 aliphatic rings. The molecule has 3 N–H and O–H groups in total. The maximum absolute atomic E-state index is 5.94. The van der Waals surface area contributed by atoms with E-state index in [0.717, 1.165) is 34.8 Å². The molecule has 88 valence electrons. The molecular formula is C13H19ClN2. The van der Waals surface area contributed by atoms with E-state index in [0.29, 0.717) is 0 Å². The van der Waals surface area contributed by atoms with Crippen molar-refractivity contribution in [3.63, 3.8) is 0 Å². The molecule has 0 heterocycles. The topological polar surface area (TPSA) is 38.0 Å². The van der Waals surface area contributed by atoms with E-state index >= 15 is 0 Å². The molecule has 0 bridgehead atoms. The predicted octanol–water partition coefficient (Wildman–Crippen LogP) is 3.77. The van der Waals surface area contributed by atoms with Gasteiger partial charge in [-0.15, -0.1) is 0 Å². The van der Waals surface area contributed by atoms with Crippen molar-refractivity contribution in [1.82, 2.24) is 0 Å². The van der Waals surface area contributed by atoms with Crippen LogP contribution in [0.4, 0.5) is 11.4 Å². The fourth-order valence-electron chi connectivity index (χ4n) is 2.45. The molecule has 2 rings (SSSR count). The van der Waals surface area contributed by atoms with E-state index in [1.54, 1.807) is 0 Å². The van der Waals surface area contributed by atoms with Gasteiger partial charge in [0.2, 0.25) is 0 Å². The Kier molecular flexibility index (Phi) is 3.59. The van der Waals surface area contributed by atoms with Gasteiger partial charge < -0.3 is 11.1 Å². The summed E-state index contributed by atoms with van der Waals surface area (Å²) in [4.78, 5) is 0. The van der Waals surface area contributed by atoms with Crippen molar-refractivity contribution >= 4 is 23.0 Å². The first-order chi connectivity index (χ1) is 7.65. The third-order valence-electron chi connectivity index (χ3n) is 3.40. The Balaban J connectivity index is 1.91. The van der Waals surface area contributed by atoms with Crippen molar-refractivity contribution in [3.8, 4) is 0 Å². The Morgan fingerprint density at radius 3 is 2.94 bits per heavy atom. The molecule has 1 aromatic carbocycles. The first-order valence-electron chi connectivity index (χ1n) is 5.94. The molecule has 0 amide bonds. The minimum absolute atomic E-state index is 0.733. The standard InChI is InChI=1S/C13H19ClN2/c1-9-2-3-10(6-9)8-16-13-7-11(14)4-5-12(13)15/h4-5,7,9-10,16H,2-3,6,8,15H2,1H3. The summed E-state index contributed by atoms with van der Waals surface area (Å²) in [7, 11) is 0. The fourth-order valence-corrected chi connectivity index (χ4v) is 2.62. The Hall–Kier alpha value is -0.890. The summed E-state index contributed by atoms with van der Waals surface area (Å²) >= 11 is 5.94. The molecule has 1 fully saturated rings. The summed E-state index contributed by atoms with van der Waals surface area (Å²) < 4.78 is 0. The molecule has 0 aromatic heterocycles. The van der Waals surface area contributed by atoms with Gasteiger partial charge in [-0.1, -0.05) is 24.9 Å². The molecule has 0 spiro atoms. The van der Waals surface area contributed by atoms with Crippen LogP contribution < -0.4 is 11.1 Å². The van der Waals surface area contributed by atoms with Crippen LogP contribution in [-0.4, -0.2) is 6.54 Å². The Morgan fingerprint density at radius 2 is 2.25 bits per heavy atom. The number of hydrogen-bond donors (Lipinski definition) is 2. The molecule has 0 radical (unpaired) electrons. The van der Waals surface area contributed by atoms with Gasteiger partial charge in [-0.2, -0.15) is 0 Å². The molecule has 3 heteroatoms. The van der Waals surface area contributed by atoms with Gasteiger partial charge in [0.1, 0.15) is 0 Å². The summed E-state index contributed by atoms with van der Waals surface area (Å²) in [6.07, 6.45) is 4.01. The lowest BCUT2D eigenvalue weighted by atomic mass is 10.1. The minimum atomic E-state index is 0.733. The molecule has 2 unspecified atom stereocenters. The lowest BCUT2D eigenvalue weighted by Crippen LogP contribution is -2.12. The Labute approximate surface area is 102 Å². The highest BCUT2D eigenvalue weighted by atomic mass is 35.5. The second kappa shape index (κ2) is 4.96. The maximum atomic E-state index is 5.94. The van der Waals surface area contributed by atoms with Gasteiger partial charge >= 0.3 is 0 Å². The first kappa shape index (κ1) is 11.6. The van der Waals surface area contributed by atoms with Gasteiger partial charge in [-0.05, 0) is 42.9 Å². The summed E-state index contributed by atoms with van der Waals surface area (Å²) in [5.74, 6) is 1.66. The number of nitrogens with one attached hydrogen (secondary N) is 1. The van der Waals surface area contributed by atoms with E-state index in [2.05, 4.69) is 12.2 Å². The SMILES string of the molecule is CC1CCC(CNc2cc(Cl)ccc2N)C1. The number of rotatable bonds is 3. The molecule has 1 aliphatic carbocycles. The van der Waals surface area contributed by atoms with Gasteiger partial charge in [0.25, 0.3) is 0 Å². The van der Waals surface area contributed by atoms with E-state index in [1.165, 1.54) is 19.3 Å². The summed E-state index contributed by atoms with van der Waals surface area (Å²) in [6, 6.07) is 5.57. The van der Waals surface area contributed by atoms with Crippen LogP contribution in [0.3, 0.4) is 0 Å². The van der Waals surface area contributed by atoms with Crippen LogP contribution in [0.1, 0.15) is 26.2 Å². The van der Waals surface area contributed by atoms with E-state index in [9.17, 15) is 0 Å². The lowest BCUT2D eigenvalue weighted by Gasteiger charge is -2.14. The number of halogens is 1. The third-order valence-corrected chi connectivity index (χ3v) is 3.64. The van der Waals surface area contributed by atoms with Crippen molar-refractivity contribution in [3.05, 3.63) is 23.2 Å². The van der Waals surface area contributed by atoms with Gasteiger partial charge in [0, 0.05) is 11.6 Å². The van der Waals surface area contributed by atoms with E-state index in [-0.39, 0.29) is 0 Å². The van der Waals surface area contributed by atoms with Gasteiger partial charge in [-0.25, -0.2) is 0 Å². The lowest BCUT2D eigenvalue weighted by molar-refractivity contribution is 0.537. The highest BCUT2D eigenvalue weighted by Crippen LogP contribution is 2.31. The fraction of sp³-hybridized carbons (Fsp3) is 0.538. The molecule has 1 saturated carbocycles. The van der Waals surface area contributed by atoms with Crippen LogP contribution in [0.2, 0.25) is 5.02 Å². The maximum Gasteiger partial charge on any atom is 0.0588 e. The monoisotopic (exact) mass is 238 g/mol. The number of nitrogen functional groups attached to an aromatic ring is 1. The van der Waals surface area contributed by atoms with Crippen LogP contribution in [0, 0.1) is 11.8 Å². The normalized spacial score (nSPS) is 24.6. The second-order valence-electron chi connectivity index (χ2n) is 4.90. The summed E-state index contributed by atoms with van der Waals surface area (Å²) in [6.45, 7) is 3.34. The van der Waals surface area contributed by atoms with Crippen molar-refractivity contribution in [2.45, 2.75) is 26.2 Å². The van der Waals surface area contributed by atoms with Crippen molar-refractivity contribution in [1.29, 1.82) is 0 Å². The average Bonchev–Trinajstić information content (AvgIpc) is 2.66. The zero-order valence-corrected chi connectivity index (χ0v) is 10.4. The Morgan fingerprint density at radius 1 is 1.44 bits per heavy atom. The van der Waals surface area contributed by atoms with Crippen molar-refractivity contribution in [2.24, 2.45) is 11.8 Å². The molecular weight excluding hydrogens is 220 g/mol. The highest BCUT2D eigenvalue weighted by molar-refractivity contribution is 6.31. The molecule has 0 saturated heterocycles. The third kappa shape index (κ3) is 2.82. The van der Waals surface area contributed by atoms with Gasteiger partial charge in [0.15, 0.2) is 0 Å². The van der Waals surface area contributed by atoms with Gasteiger partial charge in [0.05, 0.1) is 11.4 Å². The number of benzene rings is 1. The molecule has 16 heavy (non-hydrogen) atoms. The van der Waals surface area contributed by atoms with Crippen LogP contribution in [-0.2, 0) is 0 Å². The zero-order valence-electron chi connectivity index (χ0n) is 9.67. The molecule has 0 aliphatic heterocycles. The van der Waals surface area contributed by atoms with Gasteiger partial charge in [-0.3, -0.25) is 0 Å². The largest absolute Gasteiger partial charge is 0.397 e. The van der Waals surface area contributed by atoms with E-state index in [4.69, 9.17) is 17.3 Å². The molecule has 2 atom stereocenters. The van der Waals surface area contributed by atoms with Crippen LogP contribution >= 0.6 is 11.6 Å². The first-order valence-corrected chi connectivity index (χ1v) is 6.32.